The number of benzene rings is 1. The third kappa shape index (κ3) is 4.38. The molecule has 3 amide bonds. The van der Waals surface area contributed by atoms with Crippen LogP contribution in [0.4, 0.5) is 4.79 Å². The zero-order valence-corrected chi connectivity index (χ0v) is 15.7. The average molecular weight is 346 g/mol. The molecule has 1 heterocycles. The van der Waals surface area contributed by atoms with Crippen LogP contribution < -0.4 is 5.32 Å². The summed E-state index contributed by atoms with van der Waals surface area (Å²) >= 11 is 0. The molecule has 1 unspecified atom stereocenters. The van der Waals surface area contributed by atoms with Crippen molar-refractivity contribution in [1.82, 2.24) is 10.2 Å². The van der Waals surface area contributed by atoms with Crippen LogP contribution in [0.1, 0.15) is 62.3 Å². The van der Waals surface area contributed by atoms with E-state index in [2.05, 4.69) is 5.32 Å². The highest BCUT2D eigenvalue weighted by molar-refractivity contribution is 6.21. The summed E-state index contributed by atoms with van der Waals surface area (Å²) in [6, 6.07) is 6.30. The SMILES string of the molecule is CC(C)(C)OC(=O)NC(CN1C(=O)c2ccccc2C1=O)C(C)(C)C. The summed E-state index contributed by atoms with van der Waals surface area (Å²) in [5.74, 6) is -0.665. The Kier molecular flexibility index (Phi) is 4.93. The first-order chi connectivity index (χ1) is 11.4. The number of rotatable bonds is 3. The molecule has 0 saturated carbocycles. The zero-order valence-electron chi connectivity index (χ0n) is 15.7. The molecule has 0 saturated heterocycles. The molecule has 1 aliphatic rings. The van der Waals surface area contributed by atoms with E-state index in [-0.39, 0.29) is 23.8 Å². The molecule has 0 fully saturated rings. The fourth-order valence-electron chi connectivity index (χ4n) is 2.57. The first-order valence-corrected chi connectivity index (χ1v) is 8.35. The Hall–Kier alpha value is -2.37. The van der Waals surface area contributed by atoms with Crippen molar-refractivity contribution in [2.24, 2.45) is 5.41 Å². The van der Waals surface area contributed by atoms with Crippen LogP contribution in [0.2, 0.25) is 0 Å². The summed E-state index contributed by atoms with van der Waals surface area (Å²) in [6.07, 6.45) is -0.566. The van der Waals surface area contributed by atoms with Gasteiger partial charge in [0.15, 0.2) is 0 Å². The number of amides is 3. The molecule has 6 nitrogen and oxygen atoms in total. The van der Waals surface area contributed by atoms with Crippen LogP contribution in [-0.2, 0) is 4.74 Å². The molecule has 25 heavy (non-hydrogen) atoms. The van der Waals surface area contributed by atoms with Crippen LogP contribution in [0.25, 0.3) is 0 Å². The Bertz CT molecular complexity index is 663. The third-order valence-electron chi connectivity index (χ3n) is 3.98. The molecule has 0 aromatic heterocycles. The monoisotopic (exact) mass is 346 g/mol. The Balaban J connectivity index is 2.18. The molecule has 1 aromatic rings. The van der Waals surface area contributed by atoms with E-state index in [4.69, 9.17) is 4.74 Å². The van der Waals surface area contributed by atoms with Gasteiger partial charge in [-0.15, -0.1) is 0 Å². The molecule has 1 aliphatic heterocycles. The predicted octanol–water partition coefficient (Wildman–Crippen LogP) is 3.22. The maximum atomic E-state index is 12.5. The lowest BCUT2D eigenvalue weighted by atomic mass is 9.86. The van der Waals surface area contributed by atoms with Gasteiger partial charge < -0.3 is 10.1 Å². The number of carbonyl (C=O) groups excluding carboxylic acids is 3. The summed E-state index contributed by atoms with van der Waals surface area (Å²) in [6.45, 7) is 11.2. The van der Waals surface area contributed by atoms with E-state index in [1.165, 1.54) is 4.90 Å². The molecule has 0 bridgehead atoms. The Morgan fingerprint density at radius 3 is 1.92 bits per heavy atom. The van der Waals surface area contributed by atoms with E-state index in [1.807, 2.05) is 20.8 Å². The van der Waals surface area contributed by atoms with Gasteiger partial charge in [0.05, 0.1) is 23.7 Å². The van der Waals surface area contributed by atoms with Crippen LogP contribution in [0.3, 0.4) is 0 Å². The Morgan fingerprint density at radius 1 is 1.04 bits per heavy atom. The number of hydrogen-bond donors (Lipinski definition) is 1. The molecule has 6 heteroatoms. The van der Waals surface area contributed by atoms with E-state index in [0.717, 1.165) is 0 Å². The zero-order chi connectivity index (χ0) is 19.0. The van der Waals surface area contributed by atoms with E-state index in [0.29, 0.717) is 11.1 Å². The topological polar surface area (TPSA) is 75.7 Å². The minimum Gasteiger partial charge on any atom is -0.444 e. The summed E-state index contributed by atoms with van der Waals surface area (Å²) < 4.78 is 5.30. The largest absolute Gasteiger partial charge is 0.444 e. The Labute approximate surface area is 148 Å². The smallest absolute Gasteiger partial charge is 0.407 e. The second-order valence-electron chi connectivity index (χ2n) is 8.33. The molecule has 1 N–H and O–H groups in total. The number of nitrogens with one attached hydrogen (secondary N) is 1. The van der Waals surface area contributed by atoms with Gasteiger partial charge in [-0.2, -0.15) is 0 Å². The quantitative estimate of drug-likeness (QED) is 0.853. The van der Waals surface area contributed by atoms with Crippen molar-refractivity contribution in [1.29, 1.82) is 0 Å². The van der Waals surface area contributed by atoms with E-state index in [1.54, 1.807) is 45.0 Å². The molecule has 1 aromatic carbocycles. The van der Waals surface area contributed by atoms with Gasteiger partial charge in [0, 0.05) is 0 Å². The number of alkyl carbamates (subject to hydrolysis) is 1. The number of nitrogens with zero attached hydrogens (tertiary/aromatic N) is 1. The molecule has 0 radical (unpaired) electrons. The highest BCUT2D eigenvalue weighted by Gasteiger charge is 2.39. The highest BCUT2D eigenvalue weighted by Crippen LogP contribution is 2.26. The van der Waals surface area contributed by atoms with Crippen molar-refractivity contribution in [2.45, 2.75) is 53.2 Å². The summed E-state index contributed by atoms with van der Waals surface area (Å²) in [5, 5.41) is 2.80. The van der Waals surface area contributed by atoms with Crippen LogP contribution in [0.15, 0.2) is 24.3 Å². The summed E-state index contributed by atoms with van der Waals surface area (Å²) in [5.41, 5.74) is -0.191. The van der Waals surface area contributed by atoms with Gasteiger partial charge in [-0.05, 0) is 38.3 Å². The number of ether oxygens (including phenoxy) is 1. The van der Waals surface area contributed by atoms with Gasteiger partial charge in [0.25, 0.3) is 11.8 Å². The maximum Gasteiger partial charge on any atom is 0.407 e. The standard InChI is InChI=1S/C19H26N2O4/c1-18(2,3)14(20-17(24)25-19(4,5)6)11-21-15(22)12-9-7-8-10-13(12)16(21)23/h7-10,14H,11H2,1-6H3,(H,20,24). The van der Waals surface area contributed by atoms with Gasteiger partial charge in [0.2, 0.25) is 0 Å². The third-order valence-corrected chi connectivity index (χ3v) is 3.98. The lowest BCUT2D eigenvalue weighted by molar-refractivity contribution is 0.0410. The van der Waals surface area contributed by atoms with Crippen molar-refractivity contribution in [3.8, 4) is 0 Å². The predicted molar refractivity (Wildman–Crippen MR) is 94.4 cm³/mol. The second kappa shape index (κ2) is 6.50. The normalized spacial score (nSPS) is 15.8. The van der Waals surface area contributed by atoms with Crippen molar-refractivity contribution in [2.75, 3.05) is 6.54 Å². The minimum absolute atomic E-state index is 0.0924. The summed E-state index contributed by atoms with van der Waals surface area (Å²) in [4.78, 5) is 38.4. The number of imide groups is 1. The number of carbonyl (C=O) groups is 3. The first kappa shape index (κ1) is 19.0. The fourth-order valence-corrected chi connectivity index (χ4v) is 2.57. The van der Waals surface area contributed by atoms with E-state index >= 15 is 0 Å². The lowest BCUT2D eigenvalue weighted by Gasteiger charge is -2.34. The maximum absolute atomic E-state index is 12.5. The van der Waals surface area contributed by atoms with Crippen LogP contribution in [0, 0.1) is 5.41 Å². The molecule has 1 atom stereocenters. The molecule has 0 aliphatic carbocycles. The lowest BCUT2D eigenvalue weighted by Crippen LogP contribution is -2.52. The first-order valence-electron chi connectivity index (χ1n) is 8.35. The molecule has 2 rings (SSSR count). The van der Waals surface area contributed by atoms with Crippen molar-refractivity contribution in [3.05, 3.63) is 35.4 Å². The van der Waals surface area contributed by atoms with Crippen molar-refractivity contribution in [3.63, 3.8) is 0 Å². The molecular formula is C19H26N2O4. The van der Waals surface area contributed by atoms with E-state index in [9.17, 15) is 14.4 Å². The van der Waals surface area contributed by atoms with Crippen molar-refractivity contribution >= 4 is 17.9 Å². The van der Waals surface area contributed by atoms with Gasteiger partial charge in [-0.25, -0.2) is 4.79 Å². The van der Waals surface area contributed by atoms with Crippen LogP contribution >= 0.6 is 0 Å². The van der Waals surface area contributed by atoms with Gasteiger partial charge in [-0.1, -0.05) is 32.9 Å². The average Bonchev–Trinajstić information content (AvgIpc) is 2.69. The summed E-state index contributed by atoms with van der Waals surface area (Å²) in [7, 11) is 0. The van der Waals surface area contributed by atoms with Gasteiger partial charge in [0.1, 0.15) is 5.60 Å². The number of hydrogen-bond acceptors (Lipinski definition) is 4. The molecule has 136 valence electrons. The van der Waals surface area contributed by atoms with Crippen molar-refractivity contribution < 1.29 is 19.1 Å². The van der Waals surface area contributed by atoms with Crippen LogP contribution in [0.5, 0.6) is 0 Å². The highest BCUT2D eigenvalue weighted by atomic mass is 16.6. The molecular weight excluding hydrogens is 320 g/mol. The molecule has 0 spiro atoms. The fraction of sp³-hybridized carbons (Fsp3) is 0.526. The van der Waals surface area contributed by atoms with Gasteiger partial charge in [-0.3, -0.25) is 14.5 Å². The van der Waals surface area contributed by atoms with Crippen LogP contribution in [-0.4, -0.2) is 41.0 Å². The Morgan fingerprint density at radius 2 is 1.52 bits per heavy atom. The van der Waals surface area contributed by atoms with E-state index < -0.39 is 17.7 Å². The second-order valence-corrected chi connectivity index (χ2v) is 8.33. The minimum atomic E-state index is -0.623. The van der Waals surface area contributed by atoms with Gasteiger partial charge >= 0.3 is 6.09 Å². The number of fused-ring (bicyclic) bond motifs is 1.